The SMILES string of the molecule is Cc1ccccc1OCc1nnc(SCCC(=O)Nc2ccccc2C#N)n1-c1ccccc1. The van der Waals surface area contributed by atoms with Crippen LogP contribution >= 0.6 is 11.8 Å². The number of benzene rings is 3. The minimum atomic E-state index is -0.163. The van der Waals surface area contributed by atoms with Gasteiger partial charge in [0.15, 0.2) is 11.0 Å². The third-order valence-electron chi connectivity index (χ3n) is 5.05. The molecule has 0 aliphatic carbocycles. The van der Waals surface area contributed by atoms with Gasteiger partial charge in [-0.2, -0.15) is 5.26 Å². The topological polar surface area (TPSA) is 92.8 Å². The van der Waals surface area contributed by atoms with Gasteiger partial charge >= 0.3 is 0 Å². The predicted molar refractivity (Wildman–Crippen MR) is 132 cm³/mol. The first-order chi connectivity index (χ1) is 16.7. The quantitative estimate of drug-likeness (QED) is 0.341. The molecule has 4 aromatic rings. The number of hydrogen-bond donors (Lipinski definition) is 1. The van der Waals surface area contributed by atoms with Gasteiger partial charge in [-0.3, -0.25) is 9.36 Å². The molecule has 0 aliphatic heterocycles. The summed E-state index contributed by atoms with van der Waals surface area (Å²) in [6, 6.07) is 26.7. The fourth-order valence-electron chi connectivity index (χ4n) is 3.32. The third-order valence-corrected chi connectivity index (χ3v) is 5.98. The molecule has 4 rings (SSSR count). The van der Waals surface area contributed by atoms with E-state index >= 15 is 0 Å². The fraction of sp³-hybridized carbons (Fsp3) is 0.154. The molecule has 3 aromatic carbocycles. The van der Waals surface area contributed by atoms with Crippen LogP contribution in [0.3, 0.4) is 0 Å². The Morgan fingerprint density at radius 1 is 1.03 bits per heavy atom. The summed E-state index contributed by atoms with van der Waals surface area (Å²) in [6.45, 7) is 2.26. The molecule has 0 saturated carbocycles. The number of para-hydroxylation sites is 3. The number of carbonyl (C=O) groups is 1. The van der Waals surface area contributed by atoms with Crippen LogP contribution in [0.2, 0.25) is 0 Å². The van der Waals surface area contributed by atoms with Crippen molar-refractivity contribution in [3.8, 4) is 17.5 Å². The lowest BCUT2D eigenvalue weighted by molar-refractivity contribution is -0.115. The van der Waals surface area contributed by atoms with Crippen molar-refractivity contribution in [3.63, 3.8) is 0 Å². The van der Waals surface area contributed by atoms with Gasteiger partial charge in [0.1, 0.15) is 18.4 Å². The maximum atomic E-state index is 12.4. The molecule has 0 bridgehead atoms. The zero-order valence-electron chi connectivity index (χ0n) is 18.6. The highest BCUT2D eigenvalue weighted by atomic mass is 32.2. The average Bonchev–Trinajstić information content (AvgIpc) is 3.27. The average molecular weight is 470 g/mol. The van der Waals surface area contributed by atoms with E-state index in [1.54, 1.807) is 24.3 Å². The van der Waals surface area contributed by atoms with Crippen molar-refractivity contribution >= 4 is 23.4 Å². The van der Waals surface area contributed by atoms with Gasteiger partial charge < -0.3 is 10.1 Å². The third kappa shape index (κ3) is 5.63. The van der Waals surface area contributed by atoms with Crippen LogP contribution in [-0.2, 0) is 11.4 Å². The van der Waals surface area contributed by atoms with Crippen molar-refractivity contribution in [1.82, 2.24) is 14.8 Å². The normalized spacial score (nSPS) is 10.5. The molecular formula is C26H23N5O2S. The van der Waals surface area contributed by atoms with E-state index in [4.69, 9.17) is 4.74 Å². The van der Waals surface area contributed by atoms with Crippen LogP contribution in [-0.4, -0.2) is 26.4 Å². The lowest BCUT2D eigenvalue weighted by atomic mass is 10.2. The number of ether oxygens (including phenoxy) is 1. The molecular weight excluding hydrogens is 446 g/mol. The van der Waals surface area contributed by atoms with Crippen molar-refractivity contribution < 1.29 is 9.53 Å². The van der Waals surface area contributed by atoms with Crippen LogP contribution < -0.4 is 10.1 Å². The molecule has 8 heteroatoms. The van der Waals surface area contributed by atoms with E-state index in [-0.39, 0.29) is 18.9 Å². The Hall–Kier alpha value is -4.09. The highest BCUT2D eigenvalue weighted by molar-refractivity contribution is 7.99. The smallest absolute Gasteiger partial charge is 0.225 e. The number of amides is 1. The first-order valence-corrected chi connectivity index (χ1v) is 11.7. The van der Waals surface area contributed by atoms with E-state index in [0.29, 0.717) is 28.0 Å². The summed E-state index contributed by atoms with van der Waals surface area (Å²) in [5.41, 5.74) is 2.92. The van der Waals surface area contributed by atoms with Crippen LogP contribution in [0.15, 0.2) is 84.0 Å². The number of aryl methyl sites for hydroxylation is 1. The van der Waals surface area contributed by atoms with Crippen molar-refractivity contribution in [2.75, 3.05) is 11.1 Å². The summed E-state index contributed by atoms with van der Waals surface area (Å²) >= 11 is 1.44. The standard InChI is InChI=1S/C26H23N5O2S/c1-19-9-5-8-14-23(19)33-18-24-29-30-26(31(24)21-11-3-2-4-12-21)34-16-15-25(32)28-22-13-7-6-10-20(22)17-27/h2-14H,15-16,18H2,1H3,(H,28,32). The van der Waals surface area contributed by atoms with Gasteiger partial charge in [-0.25, -0.2) is 0 Å². The molecule has 0 unspecified atom stereocenters. The fourth-order valence-corrected chi connectivity index (χ4v) is 4.23. The molecule has 0 aliphatic rings. The number of carbonyl (C=O) groups excluding carboxylic acids is 1. The molecule has 0 atom stereocenters. The zero-order valence-corrected chi connectivity index (χ0v) is 19.5. The summed E-state index contributed by atoms with van der Waals surface area (Å²) in [5, 5.41) is 21.4. The summed E-state index contributed by atoms with van der Waals surface area (Å²) in [7, 11) is 0. The van der Waals surface area contributed by atoms with Gasteiger partial charge in [-0.15, -0.1) is 10.2 Å². The van der Waals surface area contributed by atoms with E-state index in [1.165, 1.54) is 11.8 Å². The Morgan fingerprint density at radius 2 is 1.76 bits per heavy atom. The lowest BCUT2D eigenvalue weighted by Gasteiger charge is -2.12. The maximum Gasteiger partial charge on any atom is 0.225 e. The van der Waals surface area contributed by atoms with E-state index in [9.17, 15) is 10.1 Å². The second-order valence-electron chi connectivity index (χ2n) is 7.43. The maximum absolute atomic E-state index is 12.4. The Labute approximate surface area is 202 Å². The number of aromatic nitrogens is 3. The highest BCUT2D eigenvalue weighted by Crippen LogP contribution is 2.25. The Kier molecular flexibility index (Phi) is 7.58. The Bertz CT molecular complexity index is 1310. The van der Waals surface area contributed by atoms with Gasteiger partial charge in [0, 0.05) is 17.9 Å². The number of anilines is 1. The van der Waals surface area contributed by atoms with Gasteiger partial charge in [-0.1, -0.05) is 60.3 Å². The largest absolute Gasteiger partial charge is 0.485 e. The molecule has 1 aromatic heterocycles. The summed E-state index contributed by atoms with van der Waals surface area (Å²) in [5.74, 6) is 1.81. The van der Waals surface area contributed by atoms with E-state index < -0.39 is 0 Å². The van der Waals surface area contributed by atoms with Crippen LogP contribution in [0.25, 0.3) is 5.69 Å². The van der Waals surface area contributed by atoms with E-state index in [0.717, 1.165) is 17.0 Å². The number of nitrogens with one attached hydrogen (secondary N) is 1. The Morgan fingerprint density at radius 3 is 2.56 bits per heavy atom. The van der Waals surface area contributed by atoms with Crippen molar-refractivity contribution in [3.05, 3.63) is 95.8 Å². The zero-order chi connectivity index (χ0) is 23.8. The van der Waals surface area contributed by atoms with Crippen LogP contribution in [0.4, 0.5) is 5.69 Å². The molecule has 170 valence electrons. The summed E-state index contributed by atoms with van der Waals surface area (Å²) < 4.78 is 7.96. The van der Waals surface area contributed by atoms with Crippen LogP contribution in [0, 0.1) is 18.3 Å². The summed E-state index contributed by atoms with van der Waals surface area (Å²) in [4.78, 5) is 12.4. The summed E-state index contributed by atoms with van der Waals surface area (Å²) in [6.07, 6.45) is 0.265. The first kappa shape index (κ1) is 23.1. The highest BCUT2D eigenvalue weighted by Gasteiger charge is 2.16. The molecule has 0 radical (unpaired) electrons. The van der Waals surface area contributed by atoms with Crippen LogP contribution in [0.1, 0.15) is 23.4 Å². The number of thioether (sulfide) groups is 1. The molecule has 34 heavy (non-hydrogen) atoms. The molecule has 1 heterocycles. The molecule has 1 amide bonds. The lowest BCUT2D eigenvalue weighted by Crippen LogP contribution is -2.13. The minimum Gasteiger partial charge on any atom is -0.485 e. The number of nitriles is 1. The monoisotopic (exact) mass is 469 g/mol. The molecule has 1 N–H and O–H groups in total. The van der Waals surface area contributed by atoms with Crippen molar-refractivity contribution in [1.29, 1.82) is 5.26 Å². The van der Waals surface area contributed by atoms with Gasteiger partial charge in [0.25, 0.3) is 0 Å². The number of rotatable bonds is 9. The molecule has 0 saturated heterocycles. The number of nitrogens with zero attached hydrogens (tertiary/aromatic N) is 4. The Balaban J connectivity index is 1.44. The van der Waals surface area contributed by atoms with Crippen LogP contribution in [0.5, 0.6) is 5.75 Å². The van der Waals surface area contributed by atoms with Crippen molar-refractivity contribution in [2.24, 2.45) is 0 Å². The van der Waals surface area contributed by atoms with Gasteiger partial charge in [0.2, 0.25) is 5.91 Å². The second kappa shape index (κ2) is 11.2. The molecule has 0 spiro atoms. The predicted octanol–water partition coefficient (Wildman–Crippen LogP) is 5.15. The number of hydrogen-bond acceptors (Lipinski definition) is 6. The van der Waals surface area contributed by atoms with Gasteiger partial charge in [-0.05, 0) is 42.8 Å². The van der Waals surface area contributed by atoms with E-state index in [1.807, 2.05) is 66.1 Å². The minimum absolute atomic E-state index is 0.163. The molecule has 7 nitrogen and oxygen atoms in total. The van der Waals surface area contributed by atoms with Gasteiger partial charge in [0.05, 0.1) is 11.3 Å². The molecule has 0 fully saturated rings. The van der Waals surface area contributed by atoms with E-state index in [2.05, 4.69) is 21.6 Å². The van der Waals surface area contributed by atoms with Crippen molar-refractivity contribution in [2.45, 2.75) is 25.1 Å². The first-order valence-electron chi connectivity index (χ1n) is 10.8. The second-order valence-corrected chi connectivity index (χ2v) is 8.49.